The molecule has 0 bridgehead atoms. The van der Waals surface area contributed by atoms with Crippen LogP contribution in [0, 0.1) is 6.92 Å². The van der Waals surface area contributed by atoms with Gasteiger partial charge in [0, 0.05) is 31.4 Å². The fraction of sp³-hybridized carbons (Fsp3) is 0.381. The molecule has 26 heavy (non-hydrogen) atoms. The molecule has 1 heterocycles. The van der Waals surface area contributed by atoms with Crippen LogP contribution in [0.1, 0.15) is 29.7 Å². The number of anilines is 1. The number of morpholine rings is 1. The lowest BCUT2D eigenvalue weighted by atomic mass is 10.1. The van der Waals surface area contributed by atoms with Crippen LogP contribution in [0.3, 0.4) is 0 Å². The number of aryl methyl sites for hydroxylation is 1. The Hall–Kier alpha value is -2.37. The predicted octanol–water partition coefficient (Wildman–Crippen LogP) is 3.71. The van der Waals surface area contributed by atoms with Gasteiger partial charge >= 0.3 is 6.03 Å². The largest absolute Gasteiger partial charge is 0.379 e. The van der Waals surface area contributed by atoms with Crippen LogP contribution in [-0.4, -0.2) is 37.2 Å². The number of urea groups is 1. The second-order valence-corrected chi connectivity index (χ2v) is 6.74. The van der Waals surface area contributed by atoms with E-state index in [4.69, 9.17) is 4.74 Å². The number of rotatable bonds is 5. The van der Waals surface area contributed by atoms with Crippen molar-refractivity contribution >= 4 is 11.7 Å². The lowest BCUT2D eigenvalue weighted by Crippen LogP contribution is -2.38. The molecule has 1 unspecified atom stereocenters. The zero-order valence-electron chi connectivity index (χ0n) is 15.5. The molecule has 5 nitrogen and oxygen atoms in total. The molecule has 0 aliphatic carbocycles. The summed E-state index contributed by atoms with van der Waals surface area (Å²) in [4.78, 5) is 14.5. The van der Waals surface area contributed by atoms with Gasteiger partial charge in [0.1, 0.15) is 0 Å². The minimum atomic E-state index is -0.194. The molecular formula is C21H27N3O2. The highest BCUT2D eigenvalue weighted by Gasteiger charge is 2.18. The molecule has 1 aliphatic rings. The summed E-state index contributed by atoms with van der Waals surface area (Å²) in [6.07, 6.45) is 0. The predicted molar refractivity (Wildman–Crippen MR) is 104 cm³/mol. The van der Waals surface area contributed by atoms with Crippen LogP contribution in [0.25, 0.3) is 0 Å². The van der Waals surface area contributed by atoms with Gasteiger partial charge < -0.3 is 15.4 Å². The first-order chi connectivity index (χ1) is 12.6. The van der Waals surface area contributed by atoms with Crippen molar-refractivity contribution in [2.24, 2.45) is 0 Å². The molecule has 0 saturated carbocycles. The number of ether oxygens (including phenoxy) is 1. The topological polar surface area (TPSA) is 53.6 Å². The van der Waals surface area contributed by atoms with Gasteiger partial charge in [-0.1, -0.05) is 42.0 Å². The molecule has 2 aromatic rings. The summed E-state index contributed by atoms with van der Waals surface area (Å²) in [5.74, 6) is 0. The molecule has 1 fully saturated rings. The first kappa shape index (κ1) is 18.4. The van der Waals surface area contributed by atoms with Crippen LogP contribution in [0.4, 0.5) is 10.5 Å². The van der Waals surface area contributed by atoms with Crippen molar-refractivity contribution in [3.05, 3.63) is 65.2 Å². The molecule has 1 atom stereocenters. The summed E-state index contributed by atoms with van der Waals surface area (Å²) in [6, 6.07) is 16.4. The molecule has 0 radical (unpaired) electrons. The minimum absolute atomic E-state index is 0.194. The van der Waals surface area contributed by atoms with E-state index in [9.17, 15) is 4.79 Å². The Morgan fingerprint density at radius 3 is 2.58 bits per heavy atom. The lowest BCUT2D eigenvalue weighted by Gasteiger charge is -2.32. The zero-order valence-corrected chi connectivity index (χ0v) is 15.5. The summed E-state index contributed by atoms with van der Waals surface area (Å²) in [7, 11) is 0. The second kappa shape index (κ2) is 8.83. The Labute approximate surface area is 155 Å². The first-order valence-corrected chi connectivity index (χ1v) is 9.14. The van der Waals surface area contributed by atoms with Crippen LogP contribution in [0.2, 0.25) is 0 Å². The summed E-state index contributed by atoms with van der Waals surface area (Å²) in [6.45, 7) is 8.28. The van der Waals surface area contributed by atoms with E-state index in [0.29, 0.717) is 12.6 Å². The standard InChI is InChI=1S/C21H27N3O2/c1-16-4-3-5-18(14-16)15-22-21(25)23-20-8-6-19(7-9-20)17(2)24-10-12-26-13-11-24/h3-9,14,17H,10-13,15H2,1-2H3,(H2,22,23,25). The van der Waals surface area contributed by atoms with E-state index in [1.165, 1.54) is 11.1 Å². The molecule has 2 N–H and O–H groups in total. The van der Waals surface area contributed by atoms with E-state index < -0.39 is 0 Å². The Bertz CT molecular complexity index is 724. The Balaban J connectivity index is 1.51. The number of carbonyl (C=O) groups excluding carboxylic acids is 1. The Morgan fingerprint density at radius 1 is 1.15 bits per heavy atom. The number of carbonyl (C=O) groups is 1. The fourth-order valence-corrected chi connectivity index (χ4v) is 3.20. The molecule has 5 heteroatoms. The molecule has 0 spiro atoms. The van der Waals surface area contributed by atoms with E-state index in [1.54, 1.807) is 0 Å². The Kier molecular flexibility index (Phi) is 6.26. The van der Waals surface area contributed by atoms with Crippen molar-refractivity contribution in [3.63, 3.8) is 0 Å². The van der Waals surface area contributed by atoms with Gasteiger partial charge in [0.25, 0.3) is 0 Å². The van der Waals surface area contributed by atoms with Crippen molar-refractivity contribution < 1.29 is 9.53 Å². The van der Waals surface area contributed by atoms with Crippen LogP contribution in [0.5, 0.6) is 0 Å². The normalized spacial score (nSPS) is 16.1. The highest BCUT2D eigenvalue weighted by Crippen LogP contribution is 2.22. The SMILES string of the molecule is Cc1cccc(CNC(=O)Nc2ccc(C(C)N3CCOCC3)cc2)c1. The van der Waals surface area contributed by atoms with Gasteiger partial charge in [0.2, 0.25) is 0 Å². The highest BCUT2D eigenvalue weighted by atomic mass is 16.5. The third kappa shape index (κ3) is 5.07. The maximum absolute atomic E-state index is 12.1. The van der Waals surface area contributed by atoms with Crippen molar-refractivity contribution in [2.75, 3.05) is 31.6 Å². The van der Waals surface area contributed by atoms with Crippen molar-refractivity contribution in [1.82, 2.24) is 10.2 Å². The smallest absolute Gasteiger partial charge is 0.319 e. The molecule has 2 amide bonds. The molecule has 2 aromatic carbocycles. The molecular weight excluding hydrogens is 326 g/mol. The van der Waals surface area contributed by atoms with Crippen LogP contribution in [0.15, 0.2) is 48.5 Å². The first-order valence-electron chi connectivity index (χ1n) is 9.14. The number of hydrogen-bond donors (Lipinski definition) is 2. The quantitative estimate of drug-likeness (QED) is 0.862. The molecule has 3 rings (SSSR count). The Morgan fingerprint density at radius 2 is 1.88 bits per heavy atom. The maximum Gasteiger partial charge on any atom is 0.319 e. The summed E-state index contributed by atoms with van der Waals surface area (Å²) >= 11 is 0. The third-order valence-corrected chi connectivity index (χ3v) is 4.78. The van der Waals surface area contributed by atoms with E-state index in [0.717, 1.165) is 37.6 Å². The van der Waals surface area contributed by atoms with Gasteiger partial charge in [-0.2, -0.15) is 0 Å². The van der Waals surface area contributed by atoms with Crippen LogP contribution < -0.4 is 10.6 Å². The van der Waals surface area contributed by atoms with Gasteiger partial charge in [0.05, 0.1) is 13.2 Å². The lowest BCUT2D eigenvalue weighted by molar-refractivity contribution is 0.0198. The second-order valence-electron chi connectivity index (χ2n) is 6.74. The summed E-state index contributed by atoms with van der Waals surface area (Å²) in [5.41, 5.74) is 4.33. The van der Waals surface area contributed by atoms with Crippen LogP contribution in [-0.2, 0) is 11.3 Å². The van der Waals surface area contributed by atoms with E-state index in [1.807, 2.05) is 37.3 Å². The summed E-state index contributed by atoms with van der Waals surface area (Å²) < 4.78 is 5.41. The van der Waals surface area contributed by atoms with Crippen molar-refractivity contribution in [2.45, 2.75) is 26.4 Å². The van der Waals surface area contributed by atoms with Crippen LogP contribution >= 0.6 is 0 Å². The number of nitrogens with one attached hydrogen (secondary N) is 2. The monoisotopic (exact) mass is 353 g/mol. The molecule has 138 valence electrons. The summed E-state index contributed by atoms with van der Waals surface area (Å²) in [5, 5.41) is 5.78. The van der Waals surface area contributed by atoms with Gasteiger partial charge in [-0.3, -0.25) is 4.90 Å². The van der Waals surface area contributed by atoms with E-state index >= 15 is 0 Å². The third-order valence-electron chi connectivity index (χ3n) is 4.78. The van der Waals surface area contributed by atoms with E-state index in [2.05, 4.69) is 40.7 Å². The fourth-order valence-electron chi connectivity index (χ4n) is 3.20. The van der Waals surface area contributed by atoms with Crippen molar-refractivity contribution in [1.29, 1.82) is 0 Å². The number of nitrogens with zero attached hydrogens (tertiary/aromatic N) is 1. The number of hydrogen-bond acceptors (Lipinski definition) is 3. The average molecular weight is 353 g/mol. The molecule has 0 aromatic heterocycles. The van der Waals surface area contributed by atoms with E-state index in [-0.39, 0.29) is 6.03 Å². The van der Waals surface area contributed by atoms with Gasteiger partial charge in [-0.25, -0.2) is 4.79 Å². The maximum atomic E-state index is 12.1. The number of amides is 2. The number of benzene rings is 2. The van der Waals surface area contributed by atoms with Gasteiger partial charge in [-0.15, -0.1) is 0 Å². The van der Waals surface area contributed by atoms with Gasteiger partial charge in [-0.05, 0) is 37.1 Å². The van der Waals surface area contributed by atoms with Gasteiger partial charge in [0.15, 0.2) is 0 Å². The zero-order chi connectivity index (χ0) is 18.4. The minimum Gasteiger partial charge on any atom is -0.379 e. The molecule has 1 saturated heterocycles. The molecule has 1 aliphatic heterocycles. The van der Waals surface area contributed by atoms with Crippen molar-refractivity contribution in [3.8, 4) is 0 Å². The highest BCUT2D eigenvalue weighted by molar-refractivity contribution is 5.89. The average Bonchev–Trinajstić information content (AvgIpc) is 2.67.